The molecule has 2 aliphatic rings. The molecule has 2 aromatic rings. The van der Waals surface area contributed by atoms with Crippen LogP contribution in [0.2, 0.25) is 0 Å². The molecule has 2 aliphatic heterocycles. The molecule has 196 valence electrons. The summed E-state index contributed by atoms with van der Waals surface area (Å²) in [5.74, 6) is -0.516. The fourth-order valence-electron chi connectivity index (χ4n) is 5.10. The first-order valence-electron chi connectivity index (χ1n) is 11.9. The average Bonchev–Trinajstić information content (AvgIpc) is 2.85. The van der Waals surface area contributed by atoms with Crippen molar-refractivity contribution in [3.8, 4) is 11.5 Å². The fraction of sp³-hybridized carbons (Fsp3) is 0.519. The molecule has 0 aromatic heterocycles. The van der Waals surface area contributed by atoms with E-state index >= 15 is 0 Å². The van der Waals surface area contributed by atoms with E-state index in [1.807, 2.05) is 0 Å². The number of anilines is 1. The summed E-state index contributed by atoms with van der Waals surface area (Å²) < 4.78 is 16.6. The van der Waals surface area contributed by atoms with Gasteiger partial charge >= 0.3 is 0 Å². The van der Waals surface area contributed by atoms with E-state index in [2.05, 4.69) is 19.2 Å². The van der Waals surface area contributed by atoms with Crippen LogP contribution in [-0.4, -0.2) is 65.0 Å². The molecule has 1 fully saturated rings. The van der Waals surface area contributed by atoms with Crippen LogP contribution in [0.1, 0.15) is 56.4 Å². The Morgan fingerprint density at radius 1 is 1.06 bits per heavy atom. The molecule has 0 radical (unpaired) electrons. The van der Waals surface area contributed by atoms with Gasteiger partial charge in [0.2, 0.25) is 0 Å². The minimum atomic E-state index is -2.10. The Kier molecular flexibility index (Phi) is 6.83. The molecule has 2 heterocycles. The standard InChI is InChI=1S/C27H35NO8/c1-25(2)12-13-26(3,36-14-25)22(31)21(30)17-10-11-18-19(20(17)29)27(33,23(35-5)24(32)28-18)15-6-8-16(34-4)9-7-15/h6-11,21-23,29-31,33H,12-14H2,1-5H3,(H,28,32). The van der Waals surface area contributed by atoms with Gasteiger partial charge in [0.15, 0.2) is 11.7 Å². The van der Waals surface area contributed by atoms with E-state index in [-0.39, 0.29) is 27.8 Å². The molecule has 0 saturated carbocycles. The van der Waals surface area contributed by atoms with Gasteiger partial charge in [0, 0.05) is 12.7 Å². The molecule has 0 spiro atoms. The summed E-state index contributed by atoms with van der Waals surface area (Å²) >= 11 is 0. The van der Waals surface area contributed by atoms with Gasteiger partial charge in [-0.2, -0.15) is 0 Å². The first-order chi connectivity index (χ1) is 16.9. The Hall–Kier alpha value is -2.69. The summed E-state index contributed by atoms with van der Waals surface area (Å²) in [6.07, 6.45) is -2.98. The summed E-state index contributed by atoms with van der Waals surface area (Å²) in [4.78, 5) is 12.8. The Bertz CT molecular complexity index is 1120. The molecule has 9 nitrogen and oxygen atoms in total. The van der Waals surface area contributed by atoms with E-state index in [0.717, 1.165) is 6.42 Å². The summed E-state index contributed by atoms with van der Waals surface area (Å²) in [6, 6.07) is 9.28. The largest absolute Gasteiger partial charge is 0.507 e. The van der Waals surface area contributed by atoms with E-state index in [0.29, 0.717) is 18.8 Å². The van der Waals surface area contributed by atoms with Crippen molar-refractivity contribution in [2.75, 3.05) is 26.1 Å². The van der Waals surface area contributed by atoms with E-state index in [4.69, 9.17) is 14.2 Å². The zero-order valence-electron chi connectivity index (χ0n) is 21.2. The maximum Gasteiger partial charge on any atom is 0.257 e. The zero-order chi connectivity index (χ0) is 26.5. The number of ether oxygens (including phenoxy) is 3. The van der Waals surface area contributed by atoms with Gasteiger partial charge in [-0.25, -0.2) is 0 Å². The number of aliphatic hydroxyl groups excluding tert-OH is 2. The third kappa shape index (κ3) is 4.25. The molecule has 36 heavy (non-hydrogen) atoms. The molecule has 0 aliphatic carbocycles. The highest BCUT2D eigenvalue weighted by Gasteiger charge is 2.53. The van der Waals surface area contributed by atoms with Crippen molar-refractivity contribution < 1.29 is 39.4 Å². The number of phenolic OH excluding ortho intramolecular Hbond substituents is 1. The van der Waals surface area contributed by atoms with Crippen molar-refractivity contribution in [2.24, 2.45) is 5.41 Å². The lowest BCUT2D eigenvalue weighted by atomic mass is 9.75. The fourth-order valence-corrected chi connectivity index (χ4v) is 5.10. The third-order valence-corrected chi connectivity index (χ3v) is 7.57. The number of nitrogens with one attached hydrogen (secondary N) is 1. The summed E-state index contributed by atoms with van der Waals surface area (Å²) in [5.41, 5.74) is -2.78. The molecule has 5 atom stereocenters. The number of aliphatic hydroxyl groups is 3. The SMILES string of the molecule is COc1ccc(C2(O)c3c(ccc(C(O)C(O)C4(C)CCC(C)(C)CO4)c3O)NC(=O)C2OC)cc1. The highest BCUT2D eigenvalue weighted by molar-refractivity contribution is 6.00. The van der Waals surface area contributed by atoms with Gasteiger partial charge in [0.05, 0.1) is 30.6 Å². The molecule has 5 unspecified atom stereocenters. The second-order valence-electron chi connectivity index (χ2n) is 10.7. The first-order valence-corrected chi connectivity index (χ1v) is 11.9. The van der Waals surface area contributed by atoms with Crippen LogP contribution in [0.5, 0.6) is 11.5 Å². The number of aromatic hydroxyl groups is 1. The highest BCUT2D eigenvalue weighted by atomic mass is 16.5. The van der Waals surface area contributed by atoms with E-state index < -0.39 is 41.2 Å². The highest BCUT2D eigenvalue weighted by Crippen LogP contribution is 2.50. The second-order valence-corrected chi connectivity index (χ2v) is 10.7. The molecular formula is C27H35NO8. The number of phenols is 1. The number of carbonyl (C=O) groups excluding carboxylic acids is 1. The number of hydrogen-bond donors (Lipinski definition) is 5. The lowest BCUT2D eigenvalue weighted by molar-refractivity contribution is -0.193. The Morgan fingerprint density at radius 2 is 1.72 bits per heavy atom. The number of hydrogen-bond acceptors (Lipinski definition) is 8. The van der Waals surface area contributed by atoms with Crippen molar-refractivity contribution >= 4 is 11.6 Å². The molecule has 9 heteroatoms. The summed E-state index contributed by atoms with van der Waals surface area (Å²) in [5, 5.41) is 48.4. The predicted octanol–water partition coefficient (Wildman–Crippen LogP) is 2.59. The Morgan fingerprint density at radius 3 is 2.28 bits per heavy atom. The van der Waals surface area contributed by atoms with Gasteiger partial charge < -0.3 is 40.0 Å². The number of benzene rings is 2. The molecule has 4 rings (SSSR count). The van der Waals surface area contributed by atoms with Crippen molar-refractivity contribution in [1.29, 1.82) is 0 Å². The molecule has 5 N–H and O–H groups in total. The Balaban J connectivity index is 1.79. The van der Waals surface area contributed by atoms with Crippen LogP contribution in [0.4, 0.5) is 5.69 Å². The van der Waals surface area contributed by atoms with Crippen LogP contribution in [0.3, 0.4) is 0 Å². The van der Waals surface area contributed by atoms with E-state index in [1.54, 1.807) is 31.2 Å². The van der Waals surface area contributed by atoms with Gasteiger partial charge in [-0.05, 0) is 48.9 Å². The molecular weight excluding hydrogens is 466 g/mol. The third-order valence-electron chi connectivity index (χ3n) is 7.57. The van der Waals surface area contributed by atoms with Crippen LogP contribution in [-0.2, 0) is 19.9 Å². The van der Waals surface area contributed by atoms with Crippen molar-refractivity contribution in [3.05, 3.63) is 53.1 Å². The van der Waals surface area contributed by atoms with Crippen LogP contribution >= 0.6 is 0 Å². The number of methoxy groups -OCH3 is 2. The summed E-state index contributed by atoms with van der Waals surface area (Å²) in [6.45, 7) is 6.30. The minimum absolute atomic E-state index is 0.00570. The molecule has 1 amide bonds. The number of amides is 1. The minimum Gasteiger partial charge on any atom is -0.507 e. The molecule has 1 saturated heterocycles. The van der Waals surface area contributed by atoms with Gasteiger partial charge in [0.25, 0.3) is 5.91 Å². The monoisotopic (exact) mass is 501 g/mol. The van der Waals surface area contributed by atoms with E-state index in [9.17, 15) is 25.2 Å². The lowest BCUT2D eigenvalue weighted by Gasteiger charge is -2.45. The van der Waals surface area contributed by atoms with Crippen molar-refractivity contribution in [2.45, 2.75) is 63.1 Å². The smallest absolute Gasteiger partial charge is 0.257 e. The van der Waals surface area contributed by atoms with Crippen LogP contribution in [0.25, 0.3) is 0 Å². The normalized spacial score (nSPS) is 29.1. The number of rotatable bonds is 6. The quantitative estimate of drug-likeness (QED) is 0.407. The summed E-state index contributed by atoms with van der Waals surface area (Å²) in [7, 11) is 2.79. The van der Waals surface area contributed by atoms with Crippen LogP contribution < -0.4 is 10.1 Å². The number of fused-ring (bicyclic) bond motifs is 1. The zero-order valence-corrected chi connectivity index (χ0v) is 21.2. The predicted molar refractivity (Wildman–Crippen MR) is 132 cm³/mol. The second kappa shape index (κ2) is 9.32. The topological polar surface area (TPSA) is 138 Å². The van der Waals surface area contributed by atoms with Crippen LogP contribution in [0.15, 0.2) is 36.4 Å². The molecule has 0 bridgehead atoms. The van der Waals surface area contributed by atoms with Gasteiger partial charge in [0.1, 0.15) is 23.7 Å². The maximum absolute atomic E-state index is 12.8. The molecule has 2 aromatic carbocycles. The van der Waals surface area contributed by atoms with Gasteiger partial charge in [-0.15, -0.1) is 0 Å². The average molecular weight is 502 g/mol. The van der Waals surface area contributed by atoms with Gasteiger partial charge in [-0.1, -0.05) is 32.0 Å². The van der Waals surface area contributed by atoms with Gasteiger partial charge in [-0.3, -0.25) is 4.79 Å². The van der Waals surface area contributed by atoms with Crippen molar-refractivity contribution in [1.82, 2.24) is 0 Å². The van der Waals surface area contributed by atoms with Crippen LogP contribution in [0, 0.1) is 5.41 Å². The lowest BCUT2D eigenvalue weighted by Crippen LogP contribution is -2.53. The first kappa shape index (κ1) is 26.4. The Labute approximate surface area is 210 Å². The number of carbonyl (C=O) groups is 1. The maximum atomic E-state index is 12.8. The van der Waals surface area contributed by atoms with E-state index in [1.165, 1.54) is 26.4 Å². The van der Waals surface area contributed by atoms with Crippen molar-refractivity contribution in [3.63, 3.8) is 0 Å².